The fourth-order valence-electron chi connectivity index (χ4n) is 1.96. The van der Waals surface area contributed by atoms with Crippen LogP contribution in [0, 0.1) is 0 Å². The smallest absolute Gasteiger partial charge is 0.308 e. The van der Waals surface area contributed by atoms with Gasteiger partial charge in [0.15, 0.2) is 0 Å². The lowest BCUT2D eigenvalue weighted by Gasteiger charge is -2.20. The monoisotopic (exact) mass is 259 g/mol. The molecule has 0 heterocycles. The van der Waals surface area contributed by atoms with Crippen molar-refractivity contribution in [3.8, 4) is 0 Å². The van der Waals surface area contributed by atoms with Crippen molar-refractivity contribution in [1.82, 2.24) is 5.32 Å². The van der Waals surface area contributed by atoms with E-state index in [0.29, 0.717) is 6.42 Å². The maximum atomic E-state index is 12.0. The van der Waals surface area contributed by atoms with Crippen LogP contribution in [0.25, 0.3) is 0 Å². The maximum absolute atomic E-state index is 12.0. The Kier molecular flexibility index (Phi) is 5.66. The maximum Gasteiger partial charge on any atom is 0.389 e. The molecule has 0 aromatic heterocycles. The second-order valence-corrected chi connectivity index (χ2v) is 4.71. The summed E-state index contributed by atoms with van der Waals surface area (Å²) in [6.45, 7) is 3.95. The molecule has 0 fully saturated rings. The van der Waals surface area contributed by atoms with Gasteiger partial charge in [0.05, 0.1) is 0 Å². The third-order valence-electron chi connectivity index (χ3n) is 2.93. The zero-order chi connectivity index (χ0) is 13.6. The Morgan fingerprint density at radius 3 is 2.28 bits per heavy atom. The molecule has 0 aliphatic heterocycles. The molecular weight excluding hydrogens is 239 g/mol. The summed E-state index contributed by atoms with van der Waals surface area (Å²) in [6.07, 6.45) is -4.01. The molecule has 1 rings (SSSR count). The van der Waals surface area contributed by atoms with Crippen LogP contribution < -0.4 is 5.32 Å². The molecule has 1 N–H and O–H groups in total. The number of hydrogen-bond acceptors (Lipinski definition) is 1. The van der Waals surface area contributed by atoms with Crippen molar-refractivity contribution in [2.24, 2.45) is 0 Å². The average Bonchev–Trinajstić information content (AvgIpc) is 2.28. The van der Waals surface area contributed by atoms with Crippen molar-refractivity contribution in [1.29, 1.82) is 0 Å². The quantitative estimate of drug-likeness (QED) is 0.795. The lowest BCUT2D eigenvalue weighted by Crippen LogP contribution is -2.29. The lowest BCUT2D eigenvalue weighted by atomic mass is 10.1. The van der Waals surface area contributed by atoms with Gasteiger partial charge in [0.2, 0.25) is 0 Å². The molecule has 1 nitrogen and oxygen atoms in total. The van der Waals surface area contributed by atoms with Crippen molar-refractivity contribution in [2.75, 3.05) is 0 Å². The van der Waals surface area contributed by atoms with Gasteiger partial charge in [-0.05, 0) is 32.3 Å². The highest BCUT2D eigenvalue weighted by atomic mass is 19.4. The van der Waals surface area contributed by atoms with E-state index in [4.69, 9.17) is 0 Å². The molecule has 1 unspecified atom stereocenters. The third-order valence-corrected chi connectivity index (χ3v) is 2.93. The van der Waals surface area contributed by atoms with E-state index < -0.39 is 12.6 Å². The first kappa shape index (κ1) is 15.0. The molecule has 0 aliphatic carbocycles. The van der Waals surface area contributed by atoms with Gasteiger partial charge in [0.25, 0.3) is 0 Å². The van der Waals surface area contributed by atoms with E-state index in [0.717, 1.165) is 5.56 Å². The van der Waals surface area contributed by atoms with Crippen LogP contribution >= 0.6 is 0 Å². The average molecular weight is 259 g/mol. The standard InChI is InChI=1S/C14H20F3N/c1-11(7-6-10-14(15,16)17)18-12(2)13-8-4-3-5-9-13/h3-5,8-9,11-12,18H,6-7,10H2,1-2H3/t11?,12-/m1/s1. The zero-order valence-electron chi connectivity index (χ0n) is 10.8. The molecule has 18 heavy (non-hydrogen) atoms. The number of hydrogen-bond donors (Lipinski definition) is 1. The zero-order valence-corrected chi connectivity index (χ0v) is 10.8. The van der Waals surface area contributed by atoms with Crippen LogP contribution in [0.1, 0.15) is 44.7 Å². The molecule has 0 aliphatic rings. The Morgan fingerprint density at radius 1 is 1.11 bits per heavy atom. The predicted molar refractivity (Wildman–Crippen MR) is 67.4 cm³/mol. The number of rotatable bonds is 6. The number of benzene rings is 1. The van der Waals surface area contributed by atoms with Crippen LogP contribution in [-0.2, 0) is 0 Å². The van der Waals surface area contributed by atoms with Gasteiger partial charge in [-0.2, -0.15) is 13.2 Å². The molecule has 102 valence electrons. The van der Waals surface area contributed by atoms with Gasteiger partial charge < -0.3 is 5.32 Å². The van der Waals surface area contributed by atoms with Crippen molar-refractivity contribution in [3.05, 3.63) is 35.9 Å². The molecular formula is C14H20F3N. The third kappa shape index (κ3) is 6.05. The normalized spacial score (nSPS) is 15.4. The summed E-state index contributed by atoms with van der Waals surface area (Å²) < 4.78 is 36.0. The minimum absolute atomic E-state index is 0.0857. The van der Waals surface area contributed by atoms with Crippen molar-refractivity contribution >= 4 is 0 Å². The van der Waals surface area contributed by atoms with Crippen molar-refractivity contribution in [2.45, 2.75) is 51.4 Å². The van der Waals surface area contributed by atoms with E-state index in [1.165, 1.54) is 0 Å². The van der Waals surface area contributed by atoms with E-state index in [1.807, 2.05) is 44.2 Å². The summed E-state index contributed by atoms with van der Waals surface area (Å²) in [5.74, 6) is 0. The highest BCUT2D eigenvalue weighted by Gasteiger charge is 2.26. The fraction of sp³-hybridized carbons (Fsp3) is 0.571. The van der Waals surface area contributed by atoms with E-state index in [-0.39, 0.29) is 18.5 Å². The van der Waals surface area contributed by atoms with Crippen LogP contribution in [0.5, 0.6) is 0 Å². The second-order valence-electron chi connectivity index (χ2n) is 4.71. The first-order valence-corrected chi connectivity index (χ1v) is 6.26. The summed E-state index contributed by atoms with van der Waals surface area (Å²) in [7, 11) is 0. The van der Waals surface area contributed by atoms with E-state index in [1.54, 1.807) is 0 Å². The molecule has 0 bridgehead atoms. The Balaban J connectivity index is 2.30. The summed E-state index contributed by atoms with van der Waals surface area (Å²) in [6, 6.07) is 10.1. The minimum atomic E-state index is -4.04. The summed E-state index contributed by atoms with van der Waals surface area (Å²) in [5, 5.41) is 3.32. The fourth-order valence-corrected chi connectivity index (χ4v) is 1.96. The molecule has 2 atom stereocenters. The van der Waals surface area contributed by atoms with Gasteiger partial charge in [-0.25, -0.2) is 0 Å². The van der Waals surface area contributed by atoms with E-state index in [2.05, 4.69) is 5.32 Å². The van der Waals surface area contributed by atoms with E-state index in [9.17, 15) is 13.2 Å². The Hall–Kier alpha value is -1.03. The molecule has 1 aromatic rings. The largest absolute Gasteiger partial charge is 0.389 e. The SMILES string of the molecule is CC(CCCC(F)(F)F)N[C@H](C)c1ccccc1. The Morgan fingerprint density at radius 2 is 1.72 bits per heavy atom. The molecule has 0 saturated heterocycles. The summed E-state index contributed by atoms with van der Waals surface area (Å²) in [5.41, 5.74) is 1.15. The highest BCUT2D eigenvalue weighted by Crippen LogP contribution is 2.23. The number of alkyl halides is 3. The van der Waals surface area contributed by atoms with Gasteiger partial charge in [-0.15, -0.1) is 0 Å². The van der Waals surface area contributed by atoms with Crippen LogP contribution in [0.3, 0.4) is 0 Å². The molecule has 0 radical (unpaired) electrons. The minimum Gasteiger partial charge on any atom is -0.308 e. The van der Waals surface area contributed by atoms with E-state index >= 15 is 0 Å². The van der Waals surface area contributed by atoms with Gasteiger partial charge >= 0.3 is 6.18 Å². The summed E-state index contributed by atoms with van der Waals surface area (Å²) >= 11 is 0. The van der Waals surface area contributed by atoms with Crippen LogP contribution in [-0.4, -0.2) is 12.2 Å². The number of halogens is 3. The molecule has 0 spiro atoms. The van der Waals surface area contributed by atoms with Crippen LogP contribution in [0.2, 0.25) is 0 Å². The summed E-state index contributed by atoms with van der Waals surface area (Å²) in [4.78, 5) is 0. The van der Waals surface area contributed by atoms with Crippen LogP contribution in [0.15, 0.2) is 30.3 Å². The number of nitrogens with one attached hydrogen (secondary N) is 1. The van der Waals surface area contributed by atoms with Gasteiger partial charge in [0.1, 0.15) is 0 Å². The van der Waals surface area contributed by atoms with Gasteiger partial charge in [0, 0.05) is 18.5 Å². The first-order chi connectivity index (χ1) is 8.38. The molecule has 4 heteroatoms. The topological polar surface area (TPSA) is 12.0 Å². The molecule has 0 saturated carbocycles. The molecule has 0 amide bonds. The Bertz CT molecular complexity index is 335. The van der Waals surface area contributed by atoms with Crippen molar-refractivity contribution < 1.29 is 13.2 Å². The highest BCUT2D eigenvalue weighted by molar-refractivity contribution is 5.18. The predicted octanol–water partition coefficient (Wildman–Crippen LogP) is 4.46. The van der Waals surface area contributed by atoms with Crippen molar-refractivity contribution in [3.63, 3.8) is 0 Å². The van der Waals surface area contributed by atoms with Gasteiger partial charge in [-0.1, -0.05) is 30.3 Å². The second kappa shape index (κ2) is 6.78. The van der Waals surface area contributed by atoms with Gasteiger partial charge in [-0.3, -0.25) is 0 Å². The molecule has 1 aromatic carbocycles. The van der Waals surface area contributed by atoms with Crippen LogP contribution in [0.4, 0.5) is 13.2 Å². The lowest BCUT2D eigenvalue weighted by molar-refractivity contribution is -0.135. The Labute approximate surface area is 106 Å². The first-order valence-electron chi connectivity index (χ1n) is 6.26.